The highest BCUT2D eigenvalue weighted by atomic mass is 32.2. The first-order valence-electron chi connectivity index (χ1n) is 8.16. The van der Waals surface area contributed by atoms with Crippen LogP contribution in [0.25, 0.3) is 0 Å². The maximum absolute atomic E-state index is 12.3. The minimum Gasteiger partial charge on any atom is -0.399 e. The summed E-state index contributed by atoms with van der Waals surface area (Å²) in [5.74, 6) is 0. The number of nitrogens with two attached hydrogens (primary N) is 1. The minimum atomic E-state index is -0.210. The van der Waals surface area contributed by atoms with Crippen LogP contribution in [0.2, 0.25) is 0 Å². The number of amides is 2. The van der Waals surface area contributed by atoms with Gasteiger partial charge < -0.3 is 11.1 Å². The van der Waals surface area contributed by atoms with Gasteiger partial charge in [0, 0.05) is 28.8 Å². The van der Waals surface area contributed by atoms with Crippen molar-refractivity contribution in [2.24, 2.45) is 5.10 Å². The standard InChI is InChI=1S/C19H22N4OS/c1-12-10-14-11-16(25-3)8-9-17(14)18(22-23(12)19(24)21-2)13-4-6-15(20)7-5-13/h4-9,11-12H,10,20H2,1-3H3,(H,21,24). The molecule has 130 valence electrons. The second kappa shape index (κ2) is 7.19. The Balaban J connectivity index is 2.18. The molecule has 0 saturated heterocycles. The molecular formula is C19H22N4OS. The third-order valence-corrected chi connectivity index (χ3v) is 5.04. The van der Waals surface area contributed by atoms with Crippen molar-refractivity contribution in [2.75, 3.05) is 19.0 Å². The fourth-order valence-corrected chi connectivity index (χ4v) is 3.44. The summed E-state index contributed by atoms with van der Waals surface area (Å²) in [7, 11) is 1.62. The van der Waals surface area contributed by atoms with Crippen molar-refractivity contribution in [3.05, 3.63) is 59.2 Å². The van der Waals surface area contributed by atoms with E-state index in [0.29, 0.717) is 5.69 Å². The van der Waals surface area contributed by atoms with E-state index in [9.17, 15) is 4.79 Å². The smallest absolute Gasteiger partial charge is 0.337 e. The van der Waals surface area contributed by atoms with E-state index >= 15 is 0 Å². The number of hydrogen-bond donors (Lipinski definition) is 2. The van der Waals surface area contributed by atoms with E-state index in [2.05, 4.69) is 29.8 Å². The van der Waals surface area contributed by atoms with Gasteiger partial charge in [0.25, 0.3) is 0 Å². The van der Waals surface area contributed by atoms with Crippen LogP contribution in [0.3, 0.4) is 0 Å². The van der Waals surface area contributed by atoms with Gasteiger partial charge in [0.2, 0.25) is 0 Å². The molecule has 0 radical (unpaired) electrons. The molecule has 3 rings (SSSR count). The first-order chi connectivity index (χ1) is 12.0. The van der Waals surface area contributed by atoms with Crippen molar-refractivity contribution < 1.29 is 4.79 Å². The summed E-state index contributed by atoms with van der Waals surface area (Å²) in [6, 6.07) is 13.7. The summed E-state index contributed by atoms with van der Waals surface area (Å²) in [6.07, 6.45) is 2.81. The Morgan fingerprint density at radius 3 is 2.64 bits per heavy atom. The van der Waals surface area contributed by atoms with Gasteiger partial charge in [-0.15, -0.1) is 11.8 Å². The quantitative estimate of drug-likeness (QED) is 0.642. The van der Waals surface area contributed by atoms with Gasteiger partial charge in [0.1, 0.15) is 0 Å². The summed E-state index contributed by atoms with van der Waals surface area (Å²) < 4.78 is 0. The number of benzene rings is 2. The average Bonchev–Trinajstić information content (AvgIpc) is 2.77. The van der Waals surface area contributed by atoms with Crippen LogP contribution < -0.4 is 11.1 Å². The number of carbonyl (C=O) groups is 1. The number of urea groups is 1. The van der Waals surface area contributed by atoms with Crippen molar-refractivity contribution >= 4 is 29.2 Å². The van der Waals surface area contributed by atoms with Crippen LogP contribution >= 0.6 is 11.8 Å². The lowest BCUT2D eigenvalue weighted by molar-refractivity contribution is 0.184. The zero-order chi connectivity index (χ0) is 18.0. The average molecular weight is 354 g/mol. The number of nitrogen functional groups attached to an aromatic ring is 1. The largest absolute Gasteiger partial charge is 0.399 e. The summed E-state index contributed by atoms with van der Waals surface area (Å²) in [6.45, 7) is 2.01. The number of hydrazone groups is 1. The highest BCUT2D eigenvalue weighted by Gasteiger charge is 2.26. The van der Waals surface area contributed by atoms with E-state index < -0.39 is 0 Å². The zero-order valence-electron chi connectivity index (χ0n) is 14.6. The van der Waals surface area contributed by atoms with Crippen LogP contribution in [0.1, 0.15) is 23.6 Å². The second-order valence-electron chi connectivity index (χ2n) is 6.05. The Morgan fingerprint density at radius 1 is 1.28 bits per heavy atom. The summed E-state index contributed by atoms with van der Waals surface area (Å²) in [5.41, 5.74) is 10.5. The summed E-state index contributed by atoms with van der Waals surface area (Å²) in [4.78, 5) is 13.5. The van der Waals surface area contributed by atoms with Crippen molar-refractivity contribution in [3.63, 3.8) is 0 Å². The Kier molecular flexibility index (Phi) is 4.99. The molecule has 25 heavy (non-hydrogen) atoms. The lowest BCUT2D eigenvalue weighted by atomic mass is 9.95. The predicted octanol–water partition coefficient (Wildman–Crippen LogP) is 3.33. The molecule has 2 aromatic carbocycles. The van der Waals surface area contributed by atoms with Crippen molar-refractivity contribution in [3.8, 4) is 0 Å². The van der Waals surface area contributed by atoms with Gasteiger partial charge >= 0.3 is 6.03 Å². The number of thioether (sulfide) groups is 1. The number of fused-ring (bicyclic) bond motifs is 1. The number of carbonyl (C=O) groups excluding carboxylic acids is 1. The topological polar surface area (TPSA) is 70.7 Å². The number of hydrogen-bond acceptors (Lipinski definition) is 4. The Bertz CT molecular complexity index is 817. The third-order valence-electron chi connectivity index (χ3n) is 4.31. The van der Waals surface area contributed by atoms with Crippen LogP contribution in [-0.4, -0.2) is 36.1 Å². The molecule has 1 atom stereocenters. The van der Waals surface area contributed by atoms with Crippen molar-refractivity contribution in [2.45, 2.75) is 24.3 Å². The molecule has 3 N–H and O–H groups in total. The lowest BCUT2D eigenvalue weighted by Gasteiger charge is -2.22. The Hall–Kier alpha value is -2.47. The van der Waals surface area contributed by atoms with Gasteiger partial charge in [-0.2, -0.15) is 5.10 Å². The summed E-state index contributed by atoms with van der Waals surface area (Å²) in [5, 5.41) is 8.93. The minimum absolute atomic E-state index is 0.0397. The number of nitrogens with one attached hydrogen (secondary N) is 1. The molecule has 2 aromatic rings. The maximum atomic E-state index is 12.3. The number of rotatable bonds is 2. The van der Waals surface area contributed by atoms with Gasteiger partial charge in [0.05, 0.1) is 11.8 Å². The fraction of sp³-hybridized carbons (Fsp3) is 0.263. The zero-order valence-corrected chi connectivity index (χ0v) is 15.4. The van der Waals surface area contributed by atoms with E-state index in [1.165, 1.54) is 15.5 Å². The lowest BCUT2D eigenvalue weighted by Crippen LogP contribution is -2.41. The molecule has 1 unspecified atom stereocenters. The van der Waals surface area contributed by atoms with Crippen LogP contribution in [0, 0.1) is 0 Å². The molecule has 1 heterocycles. The Labute approximate surface area is 152 Å². The SMILES string of the molecule is CNC(=O)N1N=C(c2ccc(N)cc2)c2ccc(SC)cc2CC1C. The molecule has 0 aliphatic carbocycles. The first-order valence-corrected chi connectivity index (χ1v) is 9.38. The van der Waals surface area contributed by atoms with Crippen LogP contribution in [0.5, 0.6) is 0 Å². The predicted molar refractivity (Wildman–Crippen MR) is 104 cm³/mol. The van der Waals surface area contributed by atoms with Gasteiger partial charge in [-0.25, -0.2) is 9.80 Å². The molecule has 0 bridgehead atoms. The van der Waals surface area contributed by atoms with E-state index in [0.717, 1.165) is 23.3 Å². The fourth-order valence-electron chi connectivity index (χ4n) is 2.98. The van der Waals surface area contributed by atoms with Gasteiger partial charge in [-0.05, 0) is 49.4 Å². The molecule has 1 aliphatic heterocycles. The number of nitrogens with zero attached hydrogens (tertiary/aromatic N) is 2. The molecular weight excluding hydrogens is 332 g/mol. The molecule has 0 saturated carbocycles. The van der Waals surface area contributed by atoms with Gasteiger partial charge in [0.15, 0.2) is 0 Å². The second-order valence-corrected chi connectivity index (χ2v) is 6.93. The van der Waals surface area contributed by atoms with E-state index in [4.69, 9.17) is 10.8 Å². The molecule has 5 nitrogen and oxygen atoms in total. The normalized spacial score (nSPS) is 16.7. The highest BCUT2D eigenvalue weighted by molar-refractivity contribution is 7.98. The molecule has 6 heteroatoms. The maximum Gasteiger partial charge on any atom is 0.337 e. The molecule has 0 spiro atoms. The van der Waals surface area contributed by atoms with Gasteiger partial charge in [-0.1, -0.05) is 18.2 Å². The molecule has 1 aliphatic rings. The van der Waals surface area contributed by atoms with Crippen molar-refractivity contribution in [1.29, 1.82) is 0 Å². The van der Waals surface area contributed by atoms with E-state index in [1.807, 2.05) is 31.2 Å². The van der Waals surface area contributed by atoms with E-state index in [1.54, 1.807) is 18.8 Å². The van der Waals surface area contributed by atoms with Gasteiger partial charge in [-0.3, -0.25) is 0 Å². The monoisotopic (exact) mass is 354 g/mol. The summed E-state index contributed by atoms with van der Waals surface area (Å²) >= 11 is 1.71. The highest BCUT2D eigenvalue weighted by Crippen LogP contribution is 2.27. The Morgan fingerprint density at radius 2 is 2.00 bits per heavy atom. The van der Waals surface area contributed by atoms with Crippen LogP contribution in [0.4, 0.5) is 10.5 Å². The first kappa shape index (κ1) is 17.4. The van der Waals surface area contributed by atoms with Crippen LogP contribution in [-0.2, 0) is 6.42 Å². The molecule has 0 fully saturated rings. The van der Waals surface area contributed by atoms with Crippen molar-refractivity contribution in [1.82, 2.24) is 10.3 Å². The number of anilines is 1. The molecule has 0 aromatic heterocycles. The molecule has 2 amide bonds. The van der Waals surface area contributed by atoms with Crippen LogP contribution in [0.15, 0.2) is 52.5 Å². The van der Waals surface area contributed by atoms with E-state index in [-0.39, 0.29) is 12.1 Å². The third kappa shape index (κ3) is 3.49.